The van der Waals surface area contributed by atoms with E-state index in [2.05, 4.69) is 0 Å². The molecule has 0 aliphatic heterocycles. The van der Waals surface area contributed by atoms with Gasteiger partial charge in [0.25, 0.3) is 0 Å². The van der Waals surface area contributed by atoms with Crippen molar-refractivity contribution in [3.05, 3.63) is 35.9 Å². The second-order valence-electron chi connectivity index (χ2n) is 2.63. The smallest absolute Gasteiger partial charge is 0.423 e. The van der Waals surface area contributed by atoms with Crippen LogP contribution in [0.15, 0.2) is 35.9 Å². The van der Waals surface area contributed by atoms with Gasteiger partial charge in [-0.3, -0.25) is 0 Å². The molecule has 3 nitrogen and oxygen atoms in total. The third-order valence-electron chi connectivity index (χ3n) is 1.69. The Morgan fingerprint density at radius 3 is 2.67 bits per heavy atom. The van der Waals surface area contributed by atoms with E-state index in [0.29, 0.717) is 5.47 Å². The molecule has 3 N–H and O–H groups in total. The molecule has 0 saturated heterocycles. The summed E-state index contributed by atoms with van der Waals surface area (Å²) < 4.78 is 0. The summed E-state index contributed by atoms with van der Waals surface area (Å²) in [4.78, 5) is 0. The Hall–Kier alpha value is -0.835. The van der Waals surface area contributed by atoms with Gasteiger partial charge in [-0.05, 0) is 5.47 Å². The maximum Gasteiger partial charge on any atom is 0.488 e. The number of rotatable bonds is 2. The second-order valence-corrected chi connectivity index (χ2v) is 2.63. The lowest BCUT2D eigenvalue weighted by atomic mass is 9.79. The molecular weight excluding hydrogens is 155 g/mol. The van der Waals surface area contributed by atoms with Crippen LogP contribution < -0.4 is 0 Å². The summed E-state index contributed by atoms with van der Waals surface area (Å²) in [6.45, 7) is 0.0373. The third kappa shape index (κ3) is 2.34. The predicted molar refractivity (Wildman–Crippen MR) is 47.1 cm³/mol. The van der Waals surface area contributed by atoms with Crippen molar-refractivity contribution in [2.24, 2.45) is 5.92 Å². The quantitative estimate of drug-likeness (QED) is 0.491. The maximum absolute atomic E-state index is 8.80. The van der Waals surface area contributed by atoms with Gasteiger partial charge in [-0.15, -0.1) is 0 Å². The first-order chi connectivity index (χ1) is 5.74. The Morgan fingerprint density at radius 1 is 1.33 bits per heavy atom. The minimum absolute atomic E-state index is 0.0301. The highest BCUT2D eigenvalue weighted by Gasteiger charge is 2.12. The fraction of sp³-hybridized carbons (Fsp3) is 0.250. The van der Waals surface area contributed by atoms with E-state index in [0.717, 1.165) is 0 Å². The number of aliphatic hydroxyl groups is 1. The SMILES string of the molecule is OCC1C=CC=C(B(O)O)C=C1. The van der Waals surface area contributed by atoms with Crippen LogP contribution >= 0.6 is 0 Å². The summed E-state index contributed by atoms with van der Waals surface area (Å²) in [5, 5.41) is 26.4. The van der Waals surface area contributed by atoms with Gasteiger partial charge in [0, 0.05) is 5.92 Å². The van der Waals surface area contributed by atoms with Crippen LogP contribution in [0.4, 0.5) is 0 Å². The van der Waals surface area contributed by atoms with Crippen LogP contribution in [0.3, 0.4) is 0 Å². The molecule has 1 rings (SSSR count). The lowest BCUT2D eigenvalue weighted by Gasteiger charge is -1.99. The van der Waals surface area contributed by atoms with E-state index < -0.39 is 7.12 Å². The van der Waals surface area contributed by atoms with Gasteiger partial charge in [0.2, 0.25) is 0 Å². The first-order valence-corrected chi connectivity index (χ1v) is 3.77. The van der Waals surface area contributed by atoms with Crippen molar-refractivity contribution in [3.8, 4) is 0 Å². The molecule has 1 atom stereocenters. The van der Waals surface area contributed by atoms with Gasteiger partial charge in [0.15, 0.2) is 0 Å². The summed E-state index contributed by atoms with van der Waals surface area (Å²) in [7, 11) is -1.44. The molecule has 0 spiro atoms. The normalized spacial score (nSPS) is 21.9. The van der Waals surface area contributed by atoms with E-state index >= 15 is 0 Å². The third-order valence-corrected chi connectivity index (χ3v) is 1.69. The molecule has 0 bridgehead atoms. The van der Waals surface area contributed by atoms with Crippen LogP contribution in [0.1, 0.15) is 0 Å². The van der Waals surface area contributed by atoms with Gasteiger partial charge in [0.1, 0.15) is 0 Å². The highest BCUT2D eigenvalue weighted by molar-refractivity contribution is 6.51. The molecule has 0 aromatic carbocycles. The van der Waals surface area contributed by atoms with Crippen LogP contribution in [0.25, 0.3) is 0 Å². The molecule has 0 radical (unpaired) electrons. The molecule has 1 aliphatic rings. The molecule has 1 aliphatic carbocycles. The van der Waals surface area contributed by atoms with E-state index in [1.54, 1.807) is 30.4 Å². The minimum Gasteiger partial charge on any atom is -0.423 e. The first-order valence-electron chi connectivity index (χ1n) is 3.77. The zero-order valence-corrected chi connectivity index (χ0v) is 6.59. The Morgan fingerprint density at radius 2 is 2.08 bits per heavy atom. The molecule has 0 amide bonds. The van der Waals surface area contributed by atoms with Crippen LogP contribution in [-0.2, 0) is 0 Å². The van der Waals surface area contributed by atoms with E-state index in [1.807, 2.05) is 0 Å². The highest BCUT2D eigenvalue weighted by Crippen LogP contribution is 2.09. The van der Waals surface area contributed by atoms with E-state index in [1.165, 1.54) is 0 Å². The number of hydrogen-bond donors (Lipinski definition) is 3. The van der Waals surface area contributed by atoms with Crippen molar-refractivity contribution in [1.29, 1.82) is 0 Å². The molecule has 1 unspecified atom stereocenters. The van der Waals surface area contributed by atoms with Crippen molar-refractivity contribution >= 4 is 7.12 Å². The van der Waals surface area contributed by atoms with Crippen LogP contribution in [-0.4, -0.2) is 28.9 Å². The van der Waals surface area contributed by atoms with Gasteiger partial charge >= 0.3 is 7.12 Å². The number of hydrogen-bond acceptors (Lipinski definition) is 3. The van der Waals surface area contributed by atoms with Crippen molar-refractivity contribution < 1.29 is 15.2 Å². The fourth-order valence-corrected chi connectivity index (χ4v) is 0.958. The zero-order valence-electron chi connectivity index (χ0n) is 6.59. The summed E-state index contributed by atoms with van der Waals surface area (Å²) in [5.41, 5.74) is 0.433. The van der Waals surface area contributed by atoms with Crippen LogP contribution in [0.2, 0.25) is 0 Å². The van der Waals surface area contributed by atoms with Crippen molar-refractivity contribution in [2.45, 2.75) is 0 Å². The molecule has 64 valence electrons. The lowest BCUT2D eigenvalue weighted by molar-refractivity contribution is 0.274. The molecule has 12 heavy (non-hydrogen) atoms. The maximum atomic E-state index is 8.80. The zero-order chi connectivity index (χ0) is 8.97. The Bertz CT molecular complexity index is 230. The Kier molecular flexibility index (Phi) is 3.28. The fourth-order valence-electron chi connectivity index (χ4n) is 0.958. The van der Waals surface area contributed by atoms with Crippen LogP contribution in [0, 0.1) is 5.92 Å². The first kappa shape index (κ1) is 9.25. The molecular formula is C8H11BO3. The highest BCUT2D eigenvalue weighted by atomic mass is 16.4. The standard InChI is InChI=1S/C8H11BO3/c10-6-7-2-1-3-8(5-4-7)9(11)12/h1-5,7,10-12H,6H2. The second kappa shape index (κ2) is 4.26. The monoisotopic (exact) mass is 166 g/mol. The van der Waals surface area contributed by atoms with Crippen LogP contribution in [0.5, 0.6) is 0 Å². The molecule has 0 aromatic heterocycles. The average molecular weight is 166 g/mol. The van der Waals surface area contributed by atoms with Gasteiger partial charge in [0.05, 0.1) is 6.61 Å². The van der Waals surface area contributed by atoms with Crippen molar-refractivity contribution in [1.82, 2.24) is 0 Å². The van der Waals surface area contributed by atoms with Gasteiger partial charge in [-0.2, -0.15) is 0 Å². The molecule has 0 heterocycles. The van der Waals surface area contributed by atoms with Crippen molar-refractivity contribution in [3.63, 3.8) is 0 Å². The lowest BCUT2D eigenvalue weighted by Crippen LogP contribution is -2.13. The van der Waals surface area contributed by atoms with E-state index in [-0.39, 0.29) is 12.5 Å². The predicted octanol–water partition coefficient (Wildman–Crippen LogP) is -0.341. The van der Waals surface area contributed by atoms with Gasteiger partial charge in [-0.25, -0.2) is 0 Å². The Balaban J connectivity index is 2.72. The molecule has 0 aromatic rings. The number of aliphatic hydroxyl groups excluding tert-OH is 1. The van der Waals surface area contributed by atoms with E-state index in [4.69, 9.17) is 15.2 Å². The number of allylic oxidation sites excluding steroid dienone is 4. The summed E-state index contributed by atoms with van der Waals surface area (Å²) in [5.74, 6) is -0.0301. The topological polar surface area (TPSA) is 60.7 Å². The Labute approximate surface area is 71.5 Å². The molecule has 0 saturated carbocycles. The molecule has 4 heteroatoms. The summed E-state index contributed by atoms with van der Waals surface area (Å²) in [6, 6.07) is 0. The molecule has 0 fully saturated rings. The average Bonchev–Trinajstić information content (AvgIpc) is 2.28. The van der Waals surface area contributed by atoms with Gasteiger partial charge < -0.3 is 15.2 Å². The summed E-state index contributed by atoms with van der Waals surface area (Å²) >= 11 is 0. The van der Waals surface area contributed by atoms with Crippen molar-refractivity contribution in [2.75, 3.05) is 6.61 Å². The minimum atomic E-state index is -1.44. The summed E-state index contributed by atoms with van der Waals surface area (Å²) in [6.07, 6.45) is 8.44. The van der Waals surface area contributed by atoms with E-state index in [9.17, 15) is 0 Å². The van der Waals surface area contributed by atoms with Gasteiger partial charge in [-0.1, -0.05) is 30.4 Å². The largest absolute Gasteiger partial charge is 0.488 e.